The minimum absolute atomic E-state index is 0.0303. The topological polar surface area (TPSA) is 50.8 Å². The fraction of sp³-hybridized carbons (Fsp3) is 0.435. The second-order valence-electron chi connectivity index (χ2n) is 7.58. The minimum atomic E-state index is -0.0463. The van der Waals surface area contributed by atoms with Gasteiger partial charge in [0.15, 0.2) is 0 Å². The molecule has 0 bridgehead atoms. The molecule has 1 N–H and O–H groups in total. The Bertz CT molecular complexity index is 750. The summed E-state index contributed by atoms with van der Waals surface area (Å²) in [6, 6.07) is 15.7. The van der Waals surface area contributed by atoms with Crippen molar-refractivity contribution in [2.24, 2.45) is 5.92 Å². The maximum absolute atomic E-state index is 12.9. The molecule has 0 aliphatic carbocycles. The van der Waals surface area contributed by atoms with Crippen LogP contribution in [0.1, 0.15) is 42.2 Å². The highest BCUT2D eigenvalue weighted by Gasteiger charge is 2.18. The van der Waals surface area contributed by atoms with Crippen LogP contribution in [-0.2, 0) is 4.74 Å². The van der Waals surface area contributed by atoms with E-state index in [1.165, 1.54) is 0 Å². The van der Waals surface area contributed by atoms with Gasteiger partial charge in [-0.15, -0.1) is 0 Å². The third-order valence-corrected chi connectivity index (χ3v) is 5.04. The quantitative estimate of drug-likeness (QED) is 0.785. The summed E-state index contributed by atoms with van der Waals surface area (Å²) in [5.74, 6) is 1.24. The first-order chi connectivity index (χ1) is 13.6. The smallest absolute Gasteiger partial charge is 0.251 e. The number of anilines is 1. The van der Waals surface area contributed by atoms with Gasteiger partial charge in [-0.3, -0.25) is 4.79 Å². The molecular formula is C23H30N2O3. The van der Waals surface area contributed by atoms with Crippen molar-refractivity contribution in [3.63, 3.8) is 0 Å². The zero-order valence-corrected chi connectivity index (χ0v) is 17.0. The summed E-state index contributed by atoms with van der Waals surface area (Å²) in [6.45, 7) is 7.61. The molecule has 28 heavy (non-hydrogen) atoms. The van der Waals surface area contributed by atoms with Crippen molar-refractivity contribution in [2.75, 3.05) is 38.3 Å². The van der Waals surface area contributed by atoms with Gasteiger partial charge in [-0.25, -0.2) is 0 Å². The molecule has 2 aromatic rings. The molecule has 1 aliphatic heterocycles. The molecule has 1 atom stereocenters. The van der Waals surface area contributed by atoms with E-state index in [0.29, 0.717) is 11.5 Å². The number of nitrogens with zero attached hydrogens (tertiary/aromatic N) is 1. The Balaban J connectivity index is 1.69. The second-order valence-corrected chi connectivity index (χ2v) is 7.58. The lowest BCUT2D eigenvalue weighted by Crippen LogP contribution is -2.36. The summed E-state index contributed by atoms with van der Waals surface area (Å²) in [4.78, 5) is 15.1. The first-order valence-electron chi connectivity index (χ1n) is 9.94. The lowest BCUT2D eigenvalue weighted by molar-refractivity contribution is 0.0932. The molecule has 1 amide bonds. The number of amides is 1. The van der Waals surface area contributed by atoms with E-state index in [4.69, 9.17) is 9.47 Å². The highest BCUT2D eigenvalue weighted by Crippen LogP contribution is 2.24. The molecule has 1 saturated heterocycles. The number of nitrogens with one attached hydrogen (secondary N) is 1. The van der Waals surface area contributed by atoms with E-state index in [0.717, 1.165) is 49.7 Å². The fourth-order valence-corrected chi connectivity index (χ4v) is 3.47. The van der Waals surface area contributed by atoms with Crippen LogP contribution >= 0.6 is 0 Å². The molecule has 5 nitrogen and oxygen atoms in total. The molecule has 0 aromatic heterocycles. The molecule has 0 unspecified atom stereocenters. The first-order valence-corrected chi connectivity index (χ1v) is 9.94. The number of hydrogen-bond acceptors (Lipinski definition) is 4. The standard InChI is InChI=1S/C23H30N2O3/c1-17(2)16-22(18-6-10-21(27-3)11-7-18)24-23(26)19-4-8-20(9-5-19)25-12-14-28-15-13-25/h4-11,17,22H,12-16H2,1-3H3,(H,24,26)/t22-/m1/s1. The lowest BCUT2D eigenvalue weighted by Gasteiger charge is -2.29. The summed E-state index contributed by atoms with van der Waals surface area (Å²) in [5.41, 5.74) is 2.90. The summed E-state index contributed by atoms with van der Waals surface area (Å²) >= 11 is 0. The number of methoxy groups -OCH3 is 1. The van der Waals surface area contributed by atoms with E-state index >= 15 is 0 Å². The van der Waals surface area contributed by atoms with Gasteiger partial charge in [-0.1, -0.05) is 26.0 Å². The molecule has 0 radical (unpaired) electrons. The van der Waals surface area contributed by atoms with Crippen molar-refractivity contribution < 1.29 is 14.3 Å². The molecular weight excluding hydrogens is 352 g/mol. The molecule has 150 valence electrons. The van der Waals surface area contributed by atoms with Crippen LogP contribution in [0.25, 0.3) is 0 Å². The Labute approximate surface area is 167 Å². The minimum Gasteiger partial charge on any atom is -0.497 e. The van der Waals surface area contributed by atoms with Gasteiger partial charge in [0.2, 0.25) is 0 Å². The first kappa shape index (κ1) is 20.2. The van der Waals surface area contributed by atoms with Gasteiger partial charge >= 0.3 is 0 Å². The summed E-state index contributed by atoms with van der Waals surface area (Å²) in [5, 5.41) is 3.20. The van der Waals surface area contributed by atoms with Gasteiger partial charge in [0, 0.05) is 24.3 Å². The summed E-state index contributed by atoms with van der Waals surface area (Å²) < 4.78 is 10.6. The summed E-state index contributed by atoms with van der Waals surface area (Å²) in [7, 11) is 1.66. The van der Waals surface area contributed by atoms with Crippen LogP contribution in [0.5, 0.6) is 5.75 Å². The van der Waals surface area contributed by atoms with E-state index < -0.39 is 0 Å². The van der Waals surface area contributed by atoms with Crippen LogP contribution in [0.2, 0.25) is 0 Å². The average molecular weight is 383 g/mol. The van der Waals surface area contributed by atoms with E-state index in [-0.39, 0.29) is 11.9 Å². The molecule has 1 fully saturated rings. The van der Waals surface area contributed by atoms with Crippen LogP contribution in [-0.4, -0.2) is 39.3 Å². The predicted molar refractivity (Wildman–Crippen MR) is 112 cm³/mol. The molecule has 5 heteroatoms. The molecule has 0 saturated carbocycles. The van der Waals surface area contributed by atoms with Gasteiger partial charge in [0.1, 0.15) is 5.75 Å². The van der Waals surface area contributed by atoms with E-state index in [1.807, 2.05) is 48.5 Å². The van der Waals surface area contributed by atoms with Crippen LogP contribution in [0, 0.1) is 5.92 Å². The van der Waals surface area contributed by atoms with Crippen molar-refractivity contribution in [3.05, 3.63) is 59.7 Å². The zero-order valence-electron chi connectivity index (χ0n) is 17.0. The van der Waals surface area contributed by atoms with Gasteiger partial charge in [0.05, 0.1) is 26.4 Å². The Hall–Kier alpha value is -2.53. The Morgan fingerprint density at radius 3 is 2.29 bits per heavy atom. The summed E-state index contributed by atoms with van der Waals surface area (Å²) in [6.07, 6.45) is 0.879. The van der Waals surface area contributed by atoms with Crippen LogP contribution in [0.4, 0.5) is 5.69 Å². The molecule has 1 heterocycles. The normalized spacial score (nSPS) is 15.4. The Morgan fingerprint density at radius 1 is 1.07 bits per heavy atom. The zero-order chi connectivity index (χ0) is 19.9. The van der Waals surface area contributed by atoms with Gasteiger partial charge in [0.25, 0.3) is 5.91 Å². The highest BCUT2D eigenvalue weighted by molar-refractivity contribution is 5.94. The fourth-order valence-electron chi connectivity index (χ4n) is 3.47. The average Bonchev–Trinajstić information content (AvgIpc) is 2.74. The van der Waals surface area contributed by atoms with Crippen molar-refractivity contribution >= 4 is 11.6 Å². The number of carbonyl (C=O) groups excluding carboxylic acids is 1. The SMILES string of the molecule is COc1ccc([C@@H](CC(C)C)NC(=O)c2ccc(N3CCOCC3)cc2)cc1. The van der Waals surface area contributed by atoms with Crippen molar-refractivity contribution in [2.45, 2.75) is 26.3 Å². The van der Waals surface area contributed by atoms with Crippen LogP contribution in [0.15, 0.2) is 48.5 Å². The van der Waals surface area contributed by atoms with Gasteiger partial charge < -0.3 is 19.7 Å². The largest absolute Gasteiger partial charge is 0.497 e. The number of benzene rings is 2. The maximum atomic E-state index is 12.9. The van der Waals surface area contributed by atoms with Crippen molar-refractivity contribution in [3.8, 4) is 5.75 Å². The van der Waals surface area contributed by atoms with E-state index in [9.17, 15) is 4.79 Å². The van der Waals surface area contributed by atoms with Crippen LogP contribution in [0.3, 0.4) is 0 Å². The molecule has 0 spiro atoms. The second kappa shape index (κ2) is 9.60. The predicted octanol–water partition coefficient (Wildman–Crippen LogP) is 4.05. The monoisotopic (exact) mass is 382 g/mol. The van der Waals surface area contributed by atoms with Crippen LogP contribution < -0.4 is 15.0 Å². The van der Waals surface area contributed by atoms with Crippen molar-refractivity contribution in [1.29, 1.82) is 0 Å². The third-order valence-electron chi connectivity index (χ3n) is 5.04. The van der Waals surface area contributed by atoms with Gasteiger partial charge in [-0.05, 0) is 54.3 Å². The Morgan fingerprint density at radius 2 is 1.71 bits per heavy atom. The lowest BCUT2D eigenvalue weighted by atomic mass is 9.96. The molecule has 1 aliphatic rings. The molecule has 3 rings (SSSR count). The third kappa shape index (κ3) is 5.26. The van der Waals surface area contributed by atoms with E-state index in [1.54, 1.807) is 7.11 Å². The Kier molecular flexibility index (Phi) is 6.93. The van der Waals surface area contributed by atoms with Crippen molar-refractivity contribution in [1.82, 2.24) is 5.32 Å². The van der Waals surface area contributed by atoms with E-state index in [2.05, 4.69) is 24.1 Å². The number of morpholine rings is 1. The highest BCUT2D eigenvalue weighted by atomic mass is 16.5. The number of hydrogen-bond donors (Lipinski definition) is 1. The maximum Gasteiger partial charge on any atom is 0.251 e. The number of carbonyl (C=O) groups is 1. The molecule has 2 aromatic carbocycles. The number of ether oxygens (including phenoxy) is 2. The van der Waals surface area contributed by atoms with Gasteiger partial charge in [-0.2, -0.15) is 0 Å². The number of rotatable bonds is 7.